The Morgan fingerprint density at radius 3 is 2.44 bits per heavy atom. The molecule has 4 heteroatoms. The average molecular weight is 242 g/mol. The summed E-state index contributed by atoms with van der Waals surface area (Å²) in [5.74, 6) is -0.109. The van der Waals surface area contributed by atoms with E-state index in [4.69, 9.17) is 5.73 Å². The van der Waals surface area contributed by atoms with Crippen molar-refractivity contribution < 1.29 is 9.90 Å². The lowest BCUT2D eigenvalue weighted by atomic mass is 10.1. The lowest BCUT2D eigenvalue weighted by Gasteiger charge is -2.17. The van der Waals surface area contributed by atoms with Crippen LogP contribution in [0, 0.1) is 0 Å². The number of hydrogen-bond donors (Lipinski definition) is 2. The van der Waals surface area contributed by atoms with E-state index in [0.29, 0.717) is 11.3 Å². The summed E-state index contributed by atoms with van der Waals surface area (Å²) >= 11 is 0. The van der Waals surface area contributed by atoms with Gasteiger partial charge in [-0.3, -0.25) is 4.79 Å². The van der Waals surface area contributed by atoms with E-state index >= 15 is 0 Å². The second kappa shape index (κ2) is 4.79. The first kappa shape index (κ1) is 12.0. The van der Waals surface area contributed by atoms with Crippen molar-refractivity contribution in [1.29, 1.82) is 0 Å². The summed E-state index contributed by atoms with van der Waals surface area (Å²) in [5.41, 5.74) is 7.43. The van der Waals surface area contributed by atoms with Crippen LogP contribution >= 0.6 is 0 Å². The second-order valence-corrected chi connectivity index (χ2v) is 4.01. The lowest BCUT2D eigenvalue weighted by molar-refractivity contribution is 0.0992. The minimum Gasteiger partial charge on any atom is -0.508 e. The number of phenols is 1. The summed E-state index contributed by atoms with van der Waals surface area (Å²) in [7, 11) is 1.68. The van der Waals surface area contributed by atoms with Crippen LogP contribution in [0.25, 0.3) is 0 Å². The first-order valence-electron chi connectivity index (χ1n) is 5.50. The first-order chi connectivity index (χ1) is 8.58. The molecule has 0 heterocycles. The summed E-state index contributed by atoms with van der Waals surface area (Å²) in [4.78, 5) is 13.7. The number of anilines is 2. The monoisotopic (exact) mass is 242 g/mol. The SMILES string of the molecule is CN(C(=O)c1cccc(O)c1)c1ccc(N)cc1. The number of hydrogen-bond acceptors (Lipinski definition) is 3. The van der Waals surface area contributed by atoms with Gasteiger partial charge in [-0.15, -0.1) is 0 Å². The van der Waals surface area contributed by atoms with Gasteiger partial charge in [0.15, 0.2) is 0 Å². The molecule has 2 rings (SSSR count). The fraction of sp³-hybridized carbons (Fsp3) is 0.0714. The predicted molar refractivity (Wildman–Crippen MR) is 71.7 cm³/mol. The minimum atomic E-state index is -0.185. The summed E-state index contributed by atoms with van der Waals surface area (Å²) in [5, 5.41) is 9.36. The van der Waals surface area contributed by atoms with Gasteiger partial charge in [0.25, 0.3) is 5.91 Å². The highest BCUT2D eigenvalue weighted by Gasteiger charge is 2.13. The summed E-state index contributed by atoms with van der Waals surface area (Å²) < 4.78 is 0. The summed E-state index contributed by atoms with van der Waals surface area (Å²) in [6.45, 7) is 0. The number of benzene rings is 2. The average Bonchev–Trinajstić information content (AvgIpc) is 2.38. The standard InChI is InChI=1S/C14H14N2O2/c1-16(12-7-5-11(15)6-8-12)14(18)10-3-2-4-13(17)9-10/h2-9,17H,15H2,1H3. The molecular formula is C14H14N2O2. The van der Waals surface area contributed by atoms with E-state index in [9.17, 15) is 9.90 Å². The van der Waals surface area contributed by atoms with Gasteiger partial charge >= 0.3 is 0 Å². The molecule has 0 aromatic heterocycles. The van der Waals surface area contributed by atoms with Crippen LogP contribution in [0.15, 0.2) is 48.5 Å². The fourth-order valence-corrected chi connectivity index (χ4v) is 1.65. The van der Waals surface area contributed by atoms with Crippen LogP contribution in [0.5, 0.6) is 5.75 Å². The highest BCUT2D eigenvalue weighted by atomic mass is 16.3. The van der Waals surface area contributed by atoms with E-state index in [-0.39, 0.29) is 11.7 Å². The Hall–Kier alpha value is -2.49. The van der Waals surface area contributed by atoms with E-state index in [1.807, 2.05) is 0 Å². The quantitative estimate of drug-likeness (QED) is 0.794. The highest BCUT2D eigenvalue weighted by molar-refractivity contribution is 6.05. The van der Waals surface area contributed by atoms with Crippen molar-refractivity contribution in [3.63, 3.8) is 0 Å². The van der Waals surface area contributed by atoms with Crippen LogP contribution < -0.4 is 10.6 Å². The van der Waals surface area contributed by atoms with Gasteiger partial charge in [-0.2, -0.15) is 0 Å². The van der Waals surface area contributed by atoms with Crippen molar-refractivity contribution in [3.05, 3.63) is 54.1 Å². The third-order valence-corrected chi connectivity index (χ3v) is 2.68. The third kappa shape index (κ3) is 2.43. The van der Waals surface area contributed by atoms with Crippen LogP contribution in [0.4, 0.5) is 11.4 Å². The molecule has 0 spiro atoms. The Kier molecular flexibility index (Phi) is 3.19. The predicted octanol–water partition coefficient (Wildman–Crippen LogP) is 2.25. The van der Waals surface area contributed by atoms with Crippen LogP contribution in [0.1, 0.15) is 10.4 Å². The molecule has 0 aliphatic rings. The Morgan fingerprint density at radius 1 is 1.17 bits per heavy atom. The van der Waals surface area contributed by atoms with Crippen LogP contribution in [-0.4, -0.2) is 18.1 Å². The van der Waals surface area contributed by atoms with E-state index in [1.54, 1.807) is 43.4 Å². The Bertz CT molecular complexity index is 564. The number of rotatable bonds is 2. The van der Waals surface area contributed by atoms with Crippen molar-refractivity contribution in [2.45, 2.75) is 0 Å². The number of nitrogens with two attached hydrogens (primary N) is 1. The Balaban J connectivity index is 2.26. The zero-order valence-electron chi connectivity index (χ0n) is 10.00. The number of amides is 1. The summed E-state index contributed by atoms with van der Waals surface area (Å²) in [6.07, 6.45) is 0. The third-order valence-electron chi connectivity index (χ3n) is 2.68. The van der Waals surface area contributed by atoms with Crippen molar-refractivity contribution in [2.75, 3.05) is 17.7 Å². The maximum atomic E-state index is 12.2. The number of carbonyl (C=O) groups is 1. The van der Waals surface area contributed by atoms with Gasteiger partial charge < -0.3 is 15.7 Å². The molecular weight excluding hydrogens is 228 g/mol. The molecule has 0 radical (unpaired) electrons. The van der Waals surface area contributed by atoms with Gasteiger partial charge in [0.1, 0.15) is 5.75 Å². The lowest BCUT2D eigenvalue weighted by Crippen LogP contribution is -2.26. The zero-order chi connectivity index (χ0) is 13.1. The maximum absolute atomic E-state index is 12.2. The van der Waals surface area contributed by atoms with Crippen LogP contribution in [-0.2, 0) is 0 Å². The molecule has 0 saturated carbocycles. The molecule has 0 bridgehead atoms. The molecule has 2 aromatic rings. The van der Waals surface area contributed by atoms with Gasteiger partial charge in [-0.05, 0) is 42.5 Å². The van der Waals surface area contributed by atoms with E-state index in [2.05, 4.69) is 0 Å². The normalized spacial score (nSPS) is 10.1. The van der Waals surface area contributed by atoms with Gasteiger partial charge in [-0.1, -0.05) is 6.07 Å². The van der Waals surface area contributed by atoms with Crippen LogP contribution in [0.3, 0.4) is 0 Å². The van der Waals surface area contributed by atoms with Crippen molar-refractivity contribution in [3.8, 4) is 5.75 Å². The molecule has 4 nitrogen and oxygen atoms in total. The van der Waals surface area contributed by atoms with Gasteiger partial charge in [0.2, 0.25) is 0 Å². The smallest absolute Gasteiger partial charge is 0.258 e. The Morgan fingerprint density at radius 2 is 1.83 bits per heavy atom. The van der Waals surface area contributed by atoms with Crippen LogP contribution in [0.2, 0.25) is 0 Å². The molecule has 0 unspecified atom stereocenters. The van der Waals surface area contributed by atoms with Crippen molar-refractivity contribution >= 4 is 17.3 Å². The number of carbonyl (C=O) groups excluding carboxylic acids is 1. The molecule has 0 aliphatic carbocycles. The minimum absolute atomic E-state index is 0.0755. The van der Waals surface area contributed by atoms with E-state index in [0.717, 1.165) is 5.69 Å². The molecule has 3 N–H and O–H groups in total. The van der Waals surface area contributed by atoms with Crippen molar-refractivity contribution in [2.24, 2.45) is 0 Å². The molecule has 0 fully saturated rings. The maximum Gasteiger partial charge on any atom is 0.258 e. The van der Waals surface area contributed by atoms with E-state index in [1.165, 1.54) is 17.0 Å². The molecule has 92 valence electrons. The summed E-state index contributed by atoms with van der Waals surface area (Å²) in [6, 6.07) is 13.3. The largest absolute Gasteiger partial charge is 0.508 e. The number of nitrogens with zero attached hydrogens (tertiary/aromatic N) is 1. The number of phenolic OH excluding ortho intramolecular Hbond substituents is 1. The van der Waals surface area contributed by atoms with E-state index < -0.39 is 0 Å². The molecule has 1 amide bonds. The molecule has 0 aliphatic heterocycles. The van der Waals surface area contributed by atoms with Gasteiger partial charge in [0.05, 0.1) is 0 Å². The molecule has 0 atom stereocenters. The highest BCUT2D eigenvalue weighted by Crippen LogP contribution is 2.19. The molecule has 2 aromatic carbocycles. The van der Waals surface area contributed by atoms with Crippen molar-refractivity contribution in [1.82, 2.24) is 0 Å². The van der Waals surface area contributed by atoms with Gasteiger partial charge in [0, 0.05) is 24.0 Å². The molecule has 0 saturated heterocycles. The molecule has 18 heavy (non-hydrogen) atoms. The topological polar surface area (TPSA) is 66.6 Å². The number of aromatic hydroxyl groups is 1. The fourth-order valence-electron chi connectivity index (χ4n) is 1.65. The number of nitrogen functional groups attached to an aromatic ring is 1. The zero-order valence-corrected chi connectivity index (χ0v) is 10.00. The second-order valence-electron chi connectivity index (χ2n) is 4.01. The Labute approximate surface area is 105 Å². The van der Waals surface area contributed by atoms with Gasteiger partial charge in [-0.25, -0.2) is 0 Å². The first-order valence-corrected chi connectivity index (χ1v) is 5.50.